The van der Waals surface area contributed by atoms with E-state index in [1.807, 2.05) is 18.2 Å². The Hall–Kier alpha value is -2.18. The maximum Gasteiger partial charge on any atom is 0.277 e. The van der Waals surface area contributed by atoms with E-state index >= 15 is 0 Å². The van der Waals surface area contributed by atoms with E-state index in [2.05, 4.69) is 10.2 Å². The number of aryl methyl sites for hydroxylation is 1. The van der Waals surface area contributed by atoms with Crippen LogP contribution in [0.2, 0.25) is 5.02 Å². The van der Waals surface area contributed by atoms with Crippen molar-refractivity contribution < 1.29 is 9.53 Å². The average molecular weight is 348 g/mol. The largest absolute Gasteiger partial charge is 0.370 e. The van der Waals surface area contributed by atoms with Gasteiger partial charge >= 0.3 is 0 Å². The molecule has 1 unspecified atom stereocenters. The fraction of sp³-hybridized carbons (Fsp3) is 0.353. The van der Waals surface area contributed by atoms with Crippen LogP contribution in [0.3, 0.4) is 0 Å². The highest BCUT2D eigenvalue weighted by Gasteiger charge is 2.29. The number of halogens is 1. The fourth-order valence-corrected chi connectivity index (χ4v) is 3.06. The number of hydrogen-bond acceptors (Lipinski definition) is 4. The summed E-state index contributed by atoms with van der Waals surface area (Å²) in [7, 11) is 0. The molecule has 24 heavy (non-hydrogen) atoms. The summed E-state index contributed by atoms with van der Waals surface area (Å²) in [5.41, 5.74) is 1.75. The standard InChI is InChI=1S/C17H18ClN3O3/c1-10-11(2)19-20-16(22)15(10)17(23)21-7-8-24-14(9-21)12-5-3-4-6-13(12)18/h3-6,14H,7-9H2,1-2H3,(H,20,22). The molecule has 0 bridgehead atoms. The summed E-state index contributed by atoms with van der Waals surface area (Å²) in [5, 5.41) is 6.87. The van der Waals surface area contributed by atoms with Gasteiger partial charge in [0.15, 0.2) is 0 Å². The van der Waals surface area contributed by atoms with Gasteiger partial charge in [-0.25, -0.2) is 5.10 Å². The third-order valence-electron chi connectivity index (χ3n) is 4.29. The molecule has 0 radical (unpaired) electrons. The van der Waals surface area contributed by atoms with Gasteiger partial charge in [-0.3, -0.25) is 9.59 Å². The molecule has 0 aliphatic carbocycles. The van der Waals surface area contributed by atoms with Gasteiger partial charge < -0.3 is 9.64 Å². The zero-order chi connectivity index (χ0) is 17.3. The van der Waals surface area contributed by atoms with Crippen molar-refractivity contribution in [1.82, 2.24) is 15.1 Å². The summed E-state index contributed by atoms with van der Waals surface area (Å²) < 4.78 is 5.77. The van der Waals surface area contributed by atoms with Gasteiger partial charge in [0.2, 0.25) is 0 Å². The van der Waals surface area contributed by atoms with Crippen molar-refractivity contribution in [1.29, 1.82) is 0 Å². The van der Waals surface area contributed by atoms with Crippen molar-refractivity contribution >= 4 is 17.5 Å². The van der Waals surface area contributed by atoms with E-state index in [-0.39, 0.29) is 17.6 Å². The number of H-pyrrole nitrogens is 1. The SMILES string of the molecule is Cc1n[nH]c(=O)c(C(=O)N2CCOC(c3ccccc3Cl)C2)c1C. The van der Waals surface area contributed by atoms with Crippen LogP contribution in [0.25, 0.3) is 0 Å². The van der Waals surface area contributed by atoms with Crippen LogP contribution in [-0.2, 0) is 4.74 Å². The molecule has 1 amide bonds. The van der Waals surface area contributed by atoms with E-state index in [0.29, 0.717) is 36.0 Å². The van der Waals surface area contributed by atoms with E-state index in [1.165, 1.54) is 0 Å². The van der Waals surface area contributed by atoms with Crippen molar-refractivity contribution in [2.24, 2.45) is 0 Å². The van der Waals surface area contributed by atoms with Crippen LogP contribution < -0.4 is 5.56 Å². The van der Waals surface area contributed by atoms with E-state index in [4.69, 9.17) is 16.3 Å². The number of aromatic amines is 1. The topological polar surface area (TPSA) is 75.3 Å². The molecule has 2 heterocycles. The monoisotopic (exact) mass is 347 g/mol. The number of benzene rings is 1. The molecular formula is C17H18ClN3O3. The lowest BCUT2D eigenvalue weighted by atomic mass is 10.1. The summed E-state index contributed by atoms with van der Waals surface area (Å²) >= 11 is 6.23. The number of nitrogens with one attached hydrogen (secondary N) is 1. The number of morpholine rings is 1. The predicted molar refractivity (Wildman–Crippen MR) is 90.4 cm³/mol. The van der Waals surface area contributed by atoms with Crippen LogP contribution in [0.4, 0.5) is 0 Å². The average Bonchev–Trinajstić information content (AvgIpc) is 2.59. The van der Waals surface area contributed by atoms with Crippen LogP contribution in [0.1, 0.15) is 33.3 Å². The van der Waals surface area contributed by atoms with Gasteiger partial charge in [0.1, 0.15) is 11.7 Å². The number of hydrogen-bond donors (Lipinski definition) is 1. The number of carbonyl (C=O) groups excluding carboxylic acids is 1. The fourth-order valence-electron chi connectivity index (χ4n) is 2.80. The Kier molecular flexibility index (Phi) is 4.69. The lowest BCUT2D eigenvalue weighted by Gasteiger charge is -2.33. The first-order chi connectivity index (χ1) is 11.5. The molecule has 0 spiro atoms. The minimum atomic E-state index is -0.469. The number of carbonyl (C=O) groups is 1. The Morgan fingerprint density at radius 3 is 2.88 bits per heavy atom. The van der Waals surface area contributed by atoms with Crippen molar-refractivity contribution in [3.8, 4) is 0 Å². The Labute approximate surface area is 144 Å². The zero-order valence-electron chi connectivity index (χ0n) is 13.5. The third-order valence-corrected chi connectivity index (χ3v) is 4.63. The maximum absolute atomic E-state index is 12.8. The highest BCUT2D eigenvalue weighted by molar-refractivity contribution is 6.31. The van der Waals surface area contributed by atoms with Crippen LogP contribution in [-0.4, -0.2) is 40.7 Å². The van der Waals surface area contributed by atoms with E-state index in [9.17, 15) is 9.59 Å². The minimum Gasteiger partial charge on any atom is -0.370 e. The Bertz CT molecular complexity index is 834. The molecule has 1 aromatic heterocycles. The van der Waals surface area contributed by atoms with Gasteiger partial charge in [-0.2, -0.15) is 5.10 Å². The van der Waals surface area contributed by atoms with Gasteiger partial charge in [0.05, 0.1) is 18.8 Å². The first-order valence-electron chi connectivity index (χ1n) is 7.70. The minimum absolute atomic E-state index is 0.141. The van der Waals surface area contributed by atoms with Crippen molar-refractivity contribution in [3.63, 3.8) is 0 Å². The first-order valence-corrected chi connectivity index (χ1v) is 8.08. The predicted octanol–water partition coefficient (Wildman–Crippen LogP) is 2.25. The smallest absolute Gasteiger partial charge is 0.277 e. The van der Waals surface area contributed by atoms with Gasteiger partial charge in [0, 0.05) is 17.1 Å². The maximum atomic E-state index is 12.8. The molecule has 6 nitrogen and oxygen atoms in total. The summed E-state index contributed by atoms with van der Waals surface area (Å²) in [4.78, 5) is 26.5. The molecule has 126 valence electrons. The molecule has 2 aromatic rings. The summed E-state index contributed by atoms with van der Waals surface area (Å²) in [6.07, 6.45) is -0.307. The number of ether oxygens (including phenoxy) is 1. The summed E-state index contributed by atoms with van der Waals surface area (Å²) in [5.74, 6) is -0.306. The normalized spacial score (nSPS) is 17.8. The van der Waals surface area contributed by atoms with Crippen LogP contribution in [0.15, 0.2) is 29.1 Å². The summed E-state index contributed by atoms with van der Waals surface area (Å²) in [6.45, 7) is 4.66. The summed E-state index contributed by atoms with van der Waals surface area (Å²) in [6, 6.07) is 7.41. The van der Waals surface area contributed by atoms with Gasteiger partial charge in [-0.15, -0.1) is 0 Å². The number of nitrogens with zero attached hydrogens (tertiary/aromatic N) is 2. The highest BCUT2D eigenvalue weighted by atomic mass is 35.5. The molecular weight excluding hydrogens is 330 g/mol. The first kappa shape index (κ1) is 16.7. The van der Waals surface area contributed by atoms with Crippen LogP contribution in [0.5, 0.6) is 0 Å². The van der Waals surface area contributed by atoms with Crippen LogP contribution in [0, 0.1) is 13.8 Å². The molecule has 1 aliphatic rings. The van der Waals surface area contributed by atoms with Crippen molar-refractivity contribution in [2.75, 3.05) is 19.7 Å². The molecule has 1 aliphatic heterocycles. The van der Waals surface area contributed by atoms with Crippen molar-refractivity contribution in [3.05, 3.63) is 62.0 Å². The van der Waals surface area contributed by atoms with Crippen LogP contribution >= 0.6 is 11.6 Å². The van der Waals surface area contributed by atoms with E-state index in [0.717, 1.165) is 5.56 Å². The van der Waals surface area contributed by atoms with Crippen molar-refractivity contribution in [2.45, 2.75) is 20.0 Å². The second-order valence-corrected chi connectivity index (χ2v) is 6.18. The molecule has 1 fully saturated rings. The molecule has 0 saturated carbocycles. The Morgan fingerprint density at radius 2 is 2.12 bits per heavy atom. The number of rotatable bonds is 2. The number of amides is 1. The Morgan fingerprint density at radius 1 is 1.38 bits per heavy atom. The lowest BCUT2D eigenvalue weighted by Crippen LogP contribution is -2.44. The molecule has 1 saturated heterocycles. The third kappa shape index (κ3) is 3.07. The molecule has 1 N–H and O–H groups in total. The second-order valence-electron chi connectivity index (χ2n) is 5.77. The van der Waals surface area contributed by atoms with Gasteiger partial charge in [0.25, 0.3) is 11.5 Å². The van der Waals surface area contributed by atoms with E-state index < -0.39 is 5.56 Å². The van der Waals surface area contributed by atoms with E-state index in [1.54, 1.807) is 24.8 Å². The second kappa shape index (κ2) is 6.75. The molecule has 1 aromatic carbocycles. The molecule has 1 atom stereocenters. The van der Waals surface area contributed by atoms with Gasteiger partial charge in [-0.1, -0.05) is 29.8 Å². The Balaban J connectivity index is 1.88. The lowest BCUT2D eigenvalue weighted by molar-refractivity contribution is -0.0228. The molecule has 7 heteroatoms. The number of aromatic nitrogens is 2. The zero-order valence-corrected chi connectivity index (χ0v) is 14.3. The highest BCUT2D eigenvalue weighted by Crippen LogP contribution is 2.28. The van der Waals surface area contributed by atoms with Gasteiger partial charge in [-0.05, 0) is 25.5 Å². The molecule has 3 rings (SSSR count). The quantitative estimate of drug-likeness (QED) is 0.904.